The Morgan fingerprint density at radius 3 is 2.58 bits per heavy atom. The summed E-state index contributed by atoms with van der Waals surface area (Å²) in [7, 11) is 0. The number of alkyl halides is 3. The minimum Gasteiger partial charge on any atom is -0.409 e. The molecule has 1 unspecified atom stereocenters. The lowest BCUT2D eigenvalue weighted by Gasteiger charge is -2.20. The molecule has 0 aliphatic rings. The van der Waals surface area contributed by atoms with Gasteiger partial charge in [-0.2, -0.15) is 13.2 Å². The maximum Gasteiger partial charge on any atom is 0.400 e. The van der Waals surface area contributed by atoms with Gasteiger partial charge in [0, 0.05) is 6.54 Å². The normalized spacial score (nSPS) is 14.3. The number of nitrogens with two attached hydrogens (primary N) is 1. The van der Waals surface area contributed by atoms with Crippen molar-refractivity contribution in [1.29, 1.82) is 0 Å². The molecule has 9 heteroatoms. The highest BCUT2D eigenvalue weighted by molar-refractivity contribution is 6.33. The van der Waals surface area contributed by atoms with Crippen molar-refractivity contribution in [3.8, 4) is 0 Å². The lowest BCUT2D eigenvalue weighted by Crippen LogP contribution is -2.40. The number of para-hydroxylation sites is 1. The molecule has 0 aliphatic carbocycles. The third-order valence-corrected chi connectivity index (χ3v) is 2.63. The summed E-state index contributed by atoms with van der Waals surface area (Å²) in [6, 6.07) is 3.67. The van der Waals surface area contributed by atoms with E-state index in [1.54, 1.807) is 0 Å². The van der Waals surface area contributed by atoms with Crippen molar-refractivity contribution < 1.29 is 22.8 Å². The summed E-state index contributed by atoms with van der Waals surface area (Å²) < 4.78 is 51.2. The van der Waals surface area contributed by atoms with Crippen LogP contribution in [0.1, 0.15) is 0 Å². The third-order valence-electron chi connectivity index (χ3n) is 2.31. The van der Waals surface area contributed by atoms with Gasteiger partial charge in [0.15, 0.2) is 5.84 Å². The van der Waals surface area contributed by atoms with E-state index in [0.717, 1.165) is 6.07 Å². The highest BCUT2D eigenvalue weighted by atomic mass is 35.5. The second kappa shape index (κ2) is 5.96. The van der Waals surface area contributed by atoms with Gasteiger partial charge in [-0.05, 0) is 12.1 Å². The Morgan fingerprint density at radius 2 is 2.11 bits per heavy atom. The first-order valence-electron chi connectivity index (χ1n) is 4.99. The number of anilines is 1. The van der Waals surface area contributed by atoms with E-state index in [1.165, 1.54) is 12.1 Å². The summed E-state index contributed by atoms with van der Waals surface area (Å²) >= 11 is 5.65. The number of hydrogen-bond acceptors (Lipinski definition) is 3. The number of benzene rings is 1. The van der Waals surface area contributed by atoms with Crippen molar-refractivity contribution >= 4 is 23.1 Å². The zero-order valence-electron chi connectivity index (χ0n) is 9.38. The molecule has 0 aliphatic heterocycles. The Morgan fingerprint density at radius 1 is 1.47 bits per heavy atom. The Kier molecular flexibility index (Phi) is 4.82. The van der Waals surface area contributed by atoms with Gasteiger partial charge in [0.1, 0.15) is 11.7 Å². The highest BCUT2D eigenvalue weighted by Crippen LogP contribution is 2.29. The van der Waals surface area contributed by atoms with Crippen LogP contribution in [0, 0.1) is 11.7 Å². The summed E-state index contributed by atoms with van der Waals surface area (Å²) in [6.45, 7) is -0.806. The molecule has 106 valence electrons. The van der Waals surface area contributed by atoms with E-state index in [2.05, 4.69) is 10.5 Å². The standard InChI is InChI=1S/C10H10ClF4N3O/c11-6-2-1-3-7(12)8(6)17-4-5(9(16)18-19)10(13,14)15/h1-3,5,17,19H,4H2,(H2,16,18). The van der Waals surface area contributed by atoms with E-state index in [0.29, 0.717) is 0 Å². The molecule has 1 aromatic carbocycles. The molecule has 0 bridgehead atoms. The molecule has 4 nitrogen and oxygen atoms in total. The van der Waals surface area contributed by atoms with E-state index in [-0.39, 0.29) is 10.7 Å². The fourth-order valence-corrected chi connectivity index (χ4v) is 1.56. The van der Waals surface area contributed by atoms with E-state index in [4.69, 9.17) is 22.5 Å². The van der Waals surface area contributed by atoms with Crippen LogP contribution in [0.3, 0.4) is 0 Å². The van der Waals surface area contributed by atoms with Crippen LogP contribution in [0.4, 0.5) is 23.2 Å². The van der Waals surface area contributed by atoms with Crippen LogP contribution in [0.15, 0.2) is 23.4 Å². The van der Waals surface area contributed by atoms with Crippen LogP contribution in [0.2, 0.25) is 5.02 Å². The zero-order valence-corrected chi connectivity index (χ0v) is 10.1. The summed E-state index contributed by atoms with van der Waals surface area (Å²) in [5, 5.41) is 12.8. The van der Waals surface area contributed by atoms with Crippen molar-refractivity contribution in [1.82, 2.24) is 0 Å². The van der Waals surface area contributed by atoms with Gasteiger partial charge >= 0.3 is 6.18 Å². The van der Waals surface area contributed by atoms with Crippen LogP contribution in [-0.4, -0.2) is 23.8 Å². The fraction of sp³-hybridized carbons (Fsp3) is 0.300. The van der Waals surface area contributed by atoms with Crippen molar-refractivity contribution in [2.45, 2.75) is 6.18 Å². The number of amidine groups is 1. The molecule has 0 heterocycles. The first kappa shape index (κ1) is 15.4. The monoisotopic (exact) mass is 299 g/mol. The quantitative estimate of drug-likeness (QED) is 0.263. The van der Waals surface area contributed by atoms with Gasteiger partial charge in [-0.15, -0.1) is 0 Å². The van der Waals surface area contributed by atoms with Crippen molar-refractivity contribution in [3.63, 3.8) is 0 Å². The maximum absolute atomic E-state index is 13.3. The third kappa shape index (κ3) is 3.88. The van der Waals surface area contributed by atoms with E-state index >= 15 is 0 Å². The van der Waals surface area contributed by atoms with Gasteiger partial charge in [0.25, 0.3) is 0 Å². The average molecular weight is 300 g/mol. The lowest BCUT2D eigenvalue weighted by molar-refractivity contribution is -0.152. The summed E-state index contributed by atoms with van der Waals surface area (Å²) in [5.41, 5.74) is 4.68. The Labute approximate surface area is 110 Å². The summed E-state index contributed by atoms with van der Waals surface area (Å²) in [6.07, 6.45) is -4.74. The minimum atomic E-state index is -4.74. The SMILES string of the molecule is N/C(=N/O)C(CNc1c(F)cccc1Cl)C(F)(F)F. The second-order valence-corrected chi connectivity index (χ2v) is 4.00. The molecule has 0 amide bonds. The smallest absolute Gasteiger partial charge is 0.400 e. The molecule has 0 aromatic heterocycles. The number of nitrogens with zero attached hydrogens (tertiary/aromatic N) is 1. The van der Waals surface area contributed by atoms with Crippen LogP contribution >= 0.6 is 11.6 Å². The largest absolute Gasteiger partial charge is 0.409 e. The first-order chi connectivity index (χ1) is 8.77. The van der Waals surface area contributed by atoms with Gasteiger partial charge in [0.05, 0.1) is 10.7 Å². The summed E-state index contributed by atoms with van der Waals surface area (Å²) in [4.78, 5) is 0. The van der Waals surface area contributed by atoms with Crippen LogP contribution in [-0.2, 0) is 0 Å². The molecule has 19 heavy (non-hydrogen) atoms. The molecule has 4 N–H and O–H groups in total. The van der Waals surface area contributed by atoms with Gasteiger partial charge in [-0.1, -0.05) is 22.8 Å². The van der Waals surface area contributed by atoms with Crippen molar-refractivity contribution in [2.24, 2.45) is 16.8 Å². The molecular formula is C10H10ClF4N3O. The van der Waals surface area contributed by atoms with E-state index in [1.807, 2.05) is 0 Å². The van der Waals surface area contributed by atoms with Gasteiger partial charge in [0.2, 0.25) is 0 Å². The molecule has 0 spiro atoms. The van der Waals surface area contributed by atoms with E-state index < -0.39 is 30.3 Å². The maximum atomic E-state index is 13.3. The molecular weight excluding hydrogens is 290 g/mol. The second-order valence-electron chi connectivity index (χ2n) is 3.60. The van der Waals surface area contributed by atoms with Gasteiger partial charge < -0.3 is 16.3 Å². The average Bonchev–Trinajstić information content (AvgIpc) is 2.30. The fourth-order valence-electron chi connectivity index (χ4n) is 1.33. The molecule has 1 atom stereocenters. The number of halogens is 5. The minimum absolute atomic E-state index is 0.0690. The Balaban J connectivity index is 2.89. The molecule has 0 saturated carbocycles. The molecule has 1 aromatic rings. The molecule has 0 saturated heterocycles. The lowest BCUT2D eigenvalue weighted by atomic mass is 10.1. The van der Waals surface area contributed by atoms with Gasteiger partial charge in [-0.3, -0.25) is 0 Å². The van der Waals surface area contributed by atoms with Crippen LogP contribution < -0.4 is 11.1 Å². The number of rotatable bonds is 4. The van der Waals surface area contributed by atoms with E-state index in [9.17, 15) is 17.6 Å². The predicted octanol–water partition coefficient (Wildman–Crippen LogP) is 2.82. The summed E-state index contributed by atoms with van der Waals surface area (Å²) in [5.74, 6) is -4.08. The molecule has 1 rings (SSSR count). The zero-order chi connectivity index (χ0) is 14.6. The molecule has 0 fully saturated rings. The highest BCUT2D eigenvalue weighted by Gasteiger charge is 2.42. The van der Waals surface area contributed by atoms with Crippen LogP contribution in [0.5, 0.6) is 0 Å². The van der Waals surface area contributed by atoms with Gasteiger partial charge in [-0.25, -0.2) is 4.39 Å². The number of hydrogen-bond donors (Lipinski definition) is 3. The van der Waals surface area contributed by atoms with Crippen molar-refractivity contribution in [2.75, 3.05) is 11.9 Å². The first-order valence-corrected chi connectivity index (χ1v) is 5.37. The predicted molar refractivity (Wildman–Crippen MR) is 62.9 cm³/mol. The molecule has 0 radical (unpaired) electrons. The van der Waals surface area contributed by atoms with Crippen molar-refractivity contribution in [3.05, 3.63) is 29.0 Å². The number of oxime groups is 1. The Hall–Kier alpha value is -1.70. The topological polar surface area (TPSA) is 70.6 Å². The Bertz CT molecular complexity index is 458. The van der Waals surface area contributed by atoms with Crippen LogP contribution in [0.25, 0.3) is 0 Å². The number of nitrogens with one attached hydrogen (secondary N) is 1.